The molecule has 1 fully saturated rings. The third-order valence-corrected chi connectivity index (χ3v) is 3.01. The lowest BCUT2D eigenvalue weighted by atomic mass is 10.2. The Balaban J connectivity index is 2.19. The highest BCUT2D eigenvalue weighted by Crippen LogP contribution is 2.17. The van der Waals surface area contributed by atoms with Gasteiger partial charge in [0.15, 0.2) is 10.3 Å². The summed E-state index contributed by atoms with van der Waals surface area (Å²) in [7, 11) is 0. The Kier molecular flexibility index (Phi) is 3.98. The first kappa shape index (κ1) is 13.0. The van der Waals surface area contributed by atoms with E-state index in [9.17, 15) is 9.59 Å². The summed E-state index contributed by atoms with van der Waals surface area (Å²) in [5.74, 6) is -0.365. The van der Waals surface area contributed by atoms with E-state index in [1.165, 1.54) is 11.0 Å². The summed E-state index contributed by atoms with van der Waals surface area (Å²) in [4.78, 5) is 24.9. The lowest BCUT2D eigenvalue weighted by molar-refractivity contribution is -0.120. The van der Waals surface area contributed by atoms with Gasteiger partial charge in [0.2, 0.25) is 5.91 Å². The number of hydrogen-bond acceptors (Lipinski definition) is 4. The minimum Gasteiger partial charge on any atom is -0.354 e. The van der Waals surface area contributed by atoms with E-state index < -0.39 is 0 Å². The normalized spacial score (nSPS) is 16.1. The predicted molar refractivity (Wildman–Crippen MR) is 65.6 cm³/mol. The van der Waals surface area contributed by atoms with Crippen LogP contribution in [0.4, 0.5) is 0 Å². The van der Waals surface area contributed by atoms with Gasteiger partial charge in [-0.1, -0.05) is 23.2 Å². The van der Waals surface area contributed by atoms with Crippen LogP contribution in [-0.4, -0.2) is 46.5 Å². The standard InChI is InChI=1S/C10H10Cl2N4O2/c11-7-5-6(9(12)15-14-7)10(18)16-3-1-8(17)13-2-4-16/h5H,1-4H2,(H,13,17). The Morgan fingerprint density at radius 3 is 2.89 bits per heavy atom. The van der Waals surface area contributed by atoms with Crippen LogP contribution in [0.3, 0.4) is 0 Å². The highest BCUT2D eigenvalue weighted by Gasteiger charge is 2.22. The van der Waals surface area contributed by atoms with Gasteiger partial charge in [-0.3, -0.25) is 9.59 Å². The molecule has 0 aliphatic carbocycles. The molecule has 1 aliphatic rings. The van der Waals surface area contributed by atoms with Gasteiger partial charge in [-0.2, -0.15) is 0 Å². The fourth-order valence-corrected chi connectivity index (χ4v) is 1.96. The fraction of sp³-hybridized carbons (Fsp3) is 0.400. The number of rotatable bonds is 1. The number of carbonyl (C=O) groups excluding carboxylic acids is 2. The van der Waals surface area contributed by atoms with Crippen LogP contribution in [0, 0.1) is 0 Å². The van der Waals surface area contributed by atoms with Gasteiger partial charge >= 0.3 is 0 Å². The molecule has 6 nitrogen and oxygen atoms in total. The highest BCUT2D eigenvalue weighted by molar-refractivity contribution is 6.34. The molecule has 0 spiro atoms. The summed E-state index contributed by atoms with van der Waals surface area (Å²) in [5, 5.41) is 9.93. The van der Waals surface area contributed by atoms with E-state index in [1.54, 1.807) is 0 Å². The average Bonchev–Trinajstić information content (AvgIpc) is 2.56. The van der Waals surface area contributed by atoms with E-state index in [-0.39, 0.29) is 34.1 Å². The quantitative estimate of drug-likeness (QED) is 0.827. The van der Waals surface area contributed by atoms with Gasteiger partial charge < -0.3 is 10.2 Å². The van der Waals surface area contributed by atoms with Crippen LogP contribution >= 0.6 is 23.2 Å². The minimum absolute atomic E-state index is 0.00735. The van der Waals surface area contributed by atoms with Crippen molar-refractivity contribution >= 4 is 35.0 Å². The Morgan fingerprint density at radius 2 is 2.11 bits per heavy atom. The van der Waals surface area contributed by atoms with E-state index in [4.69, 9.17) is 23.2 Å². The summed E-state index contributed by atoms with van der Waals surface area (Å²) in [5.41, 5.74) is 0.200. The molecule has 1 saturated heterocycles. The summed E-state index contributed by atoms with van der Waals surface area (Å²) in [6.45, 7) is 1.20. The van der Waals surface area contributed by atoms with Crippen molar-refractivity contribution in [2.45, 2.75) is 6.42 Å². The first-order chi connectivity index (χ1) is 8.58. The number of nitrogens with one attached hydrogen (secondary N) is 1. The van der Waals surface area contributed by atoms with E-state index in [1.807, 2.05) is 0 Å². The van der Waals surface area contributed by atoms with Gasteiger partial charge in [0.25, 0.3) is 5.91 Å². The Labute approximate surface area is 113 Å². The Bertz CT molecular complexity index is 495. The Morgan fingerprint density at radius 1 is 1.33 bits per heavy atom. The minimum atomic E-state index is -0.298. The second-order valence-electron chi connectivity index (χ2n) is 3.76. The maximum atomic E-state index is 12.2. The summed E-state index contributed by atoms with van der Waals surface area (Å²) in [6, 6.07) is 1.37. The van der Waals surface area contributed by atoms with Crippen LogP contribution in [0.5, 0.6) is 0 Å². The molecule has 0 bridgehead atoms. The molecule has 18 heavy (non-hydrogen) atoms. The monoisotopic (exact) mass is 288 g/mol. The van der Waals surface area contributed by atoms with Gasteiger partial charge in [-0.25, -0.2) is 0 Å². The molecule has 2 rings (SSSR count). The van der Waals surface area contributed by atoms with Gasteiger partial charge in [-0.15, -0.1) is 10.2 Å². The van der Waals surface area contributed by atoms with Crippen molar-refractivity contribution in [3.63, 3.8) is 0 Å². The zero-order chi connectivity index (χ0) is 13.1. The predicted octanol–water partition coefficient (Wildman–Crippen LogP) is 0.746. The van der Waals surface area contributed by atoms with Crippen molar-refractivity contribution in [3.05, 3.63) is 21.9 Å². The number of halogens is 2. The van der Waals surface area contributed by atoms with Crippen LogP contribution in [0.2, 0.25) is 10.3 Å². The molecule has 1 N–H and O–H groups in total. The molecular weight excluding hydrogens is 279 g/mol. The molecule has 96 valence electrons. The molecule has 1 aliphatic heterocycles. The zero-order valence-electron chi connectivity index (χ0n) is 9.32. The fourth-order valence-electron chi connectivity index (χ4n) is 1.64. The molecule has 1 aromatic rings. The SMILES string of the molecule is O=C1CCN(C(=O)c2cc(Cl)nnc2Cl)CCN1. The number of hydrogen-bond donors (Lipinski definition) is 1. The molecule has 2 heterocycles. The van der Waals surface area contributed by atoms with Crippen molar-refractivity contribution < 1.29 is 9.59 Å². The topological polar surface area (TPSA) is 75.2 Å². The van der Waals surface area contributed by atoms with E-state index in [2.05, 4.69) is 15.5 Å². The second-order valence-corrected chi connectivity index (χ2v) is 4.51. The molecule has 0 radical (unpaired) electrons. The summed E-state index contributed by atoms with van der Waals surface area (Å²) in [6.07, 6.45) is 0.273. The van der Waals surface area contributed by atoms with E-state index in [0.717, 1.165) is 0 Å². The smallest absolute Gasteiger partial charge is 0.257 e. The van der Waals surface area contributed by atoms with Crippen molar-refractivity contribution in [2.24, 2.45) is 0 Å². The molecule has 0 aromatic carbocycles. The number of carbonyl (C=O) groups is 2. The van der Waals surface area contributed by atoms with Gasteiger partial charge in [0.05, 0.1) is 5.56 Å². The van der Waals surface area contributed by atoms with Gasteiger partial charge in [-0.05, 0) is 6.07 Å². The van der Waals surface area contributed by atoms with E-state index in [0.29, 0.717) is 19.6 Å². The van der Waals surface area contributed by atoms with Crippen LogP contribution in [0.15, 0.2) is 6.07 Å². The van der Waals surface area contributed by atoms with Crippen LogP contribution < -0.4 is 5.32 Å². The molecule has 0 atom stereocenters. The maximum absolute atomic E-state index is 12.2. The first-order valence-electron chi connectivity index (χ1n) is 5.32. The van der Waals surface area contributed by atoms with Crippen molar-refractivity contribution in [2.75, 3.05) is 19.6 Å². The van der Waals surface area contributed by atoms with Crippen LogP contribution in [0.1, 0.15) is 16.8 Å². The summed E-state index contributed by atoms with van der Waals surface area (Å²) >= 11 is 11.5. The number of nitrogens with zero attached hydrogens (tertiary/aromatic N) is 3. The van der Waals surface area contributed by atoms with Crippen LogP contribution in [-0.2, 0) is 4.79 Å². The largest absolute Gasteiger partial charge is 0.354 e. The molecule has 2 amide bonds. The second kappa shape index (κ2) is 5.49. The Hall–Kier alpha value is -1.40. The molecule has 8 heteroatoms. The molecule has 1 aromatic heterocycles. The highest BCUT2D eigenvalue weighted by atomic mass is 35.5. The van der Waals surface area contributed by atoms with Crippen LogP contribution in [0.25, 0.3) is 0 Å². The zero-order valence-corrected chi connectivity index (χ0v) is 10.8. The van der Waals surface area contributed by atoms with E-state index >= 15 is 0 Å². The van der Waals surface area contributed by atoms with Crippen molar-refractivity contribution in [3.8, 4) is 0 Å². The average molecular weight is 289 g/mol. The van der Waals surface area contributed by atoms with Crippen molar-refractivity contribution in [1.82, 2.24) is 20.4 Å². The molecule has 0 saturated carbocycles. The lowest BCUT2D eigenvalue weighted by Gasteiger charge is -2.19. The summed E-state index contributed by atoms with van der Waals surface area (Å²) < 4.78 is 0. The van der Waals surface area contributed by atoms with Crippen molar-refractivity contribution in [1.29, 1.82) is 0 Å². The third-order valence-electron chi connectivity index (χ3n) is 2.55. The third kappa shape index (κ3) is 2.88. The maximum Gasteiger partial charge on any atom is 0.257 e. The molecular formula is C10H10Cl2N4O2. The van der Waals surface area contributed by atoms with Gasteiger partial charge in [0.1, 0.15) is 0 Å². The molecule has 0 unspecified atom stereocenters. The first-order valence-corrected chi connectivity index (χ1v) is 6.08. The van der Waals surface area contributed by atoms with Gasteiger partial charge in [0, 0.05) is 26.1 Å². The number of amides is 2. The number of aromatic nitrogens is 2. The lowest BCUT2D eigenvalue weighted by Crippen LogP contribution is -2.34.